The van der Waals surface area contributed by atoms with Crippen LogP contribution in [0.25, 0.3) is 0 Å². The van der Waals surface area contributed by atoms with Gasteiger partial charge < -0.3 is 9.84 Å². The highest BCUT2D eigenvalue weighted by molar-refractivity contribution is 5.43. The Morgan fingerprint density at radius 3 is 2.52 bits per heavy atom. The van der Waals surface area contributed by atoms with Crippen LogP contribution >= 0.6 is 0 Å². The maximum absolute atomic E-state index is 13.6. The first kappa shape index (κ1) is 21.7. The molecule has 3 rings (SSSR count). The number of ether oxygens (including phenoxy) is 1. The maximum atomic E-state index is 13.6. The fourth-order valence-electron chi connectivity index (χ4n) is 4.09. The predicted octanol–water partition coefficient (Wildman–Crippen LogP) is 3.66. The number of aliphatic hydroxyl groups excluding tert-OH is 1. The number of rotatable bonds is 7. The van der Waals surface area contributed by atoms with E-state index in [9.17, 15) is 13.9 Å². The van der Waals surface area contributed by atoms with Gasteiger partial charge in [0.25, 0.3) is 0 Å². The molecule has 0 saturated carbocycles. The highest BCUT2D eigenvalue weighted by atomic mass is 19.2. The van der Waals surface area contributed by atoms with Gasteiger partial charge in [0.2, 0.25) is 0 Å². The van der Waals surface area contributed by atoms with Crippen LogP contribution in [0.5, 0.6) is 5.75 Å². The van der Waals surface area contributed by atoms with Crippen LogP contribution in [0.4, 0.5) is 8.78 Å². The van der Waals surface area contributed by atoms with Gasteiger partial charge in [-0.1, -0.05) is 12.1 Å². The van der Waals surface area contributed by atoms with Gasteiger partial charge in [0.1, 0.15) is 5.75 Å². The summed E-state index contributed by atoms with van der Waals surface area (Å²) in [6, 6.07) is 8.38. The largest absolute Gasteiger partial charge is 0.496 e. The molecule has 0 amide bonds. The molecule has 0 unspecified atom stereocenters. The van der Waals surface area contributed by atoms with E-state index < -0.39 is 11.6 Å². The molecule has 0 bridgehead atoms. The van der Waals surface area contributed by atoms with Crippen molar-refractivity contribution in [3.63, 3.8) is 0 Å². The first-order chi connectivity index (χ1) is 13.9. The van der Waals surface area contributed by atoms with Crippen molar-refractivity contribution in [3.05, 3.63) is 64.2 Å². The summed E-state index contributed by atoms with van der Waals surface area (Å²) in [5, 5.41) is 9.53. The second-order valence-electron chi connectivity index (χ2n) is 7.80. The van der Waals surface area contributed by atoms with Crippen LogP contribution in [0.2, 0.25) is 0 Å². The molecule has 2 aromatic rings. The number of hydrogen-bond acceptors (Lipinski definition) is 4. The number of hydrogen-bond donors (Lipinski definition) is 1. The summed E-state index contributed by atoms with van der Waals surface area (Å²) in [6.45, 7) is 8.23. The molecule has 0 aromatic heterocycles. The Kier molecular flexibility index (Phi) is 7.22. The molecule has 29 heavy (non-hydrogen) atoms. The highest BCUT2D eigenvalue weighted by Crippen LogP contribution is 2.26. The van der Waals surface area contributed by atoms with Gasteiger partial charge >= 0.3 is 0 Å². The summed E-state index contributed by atoms with van der Waals surface area (Å²) < 4.78 is 32.2. The summed E-state index contributed by atoms with van der Waals surface area (Å²) in [7, 11) is 1.69. The van der Waals surface area contributed by atoms with Crippen molar-refractivity contribution in [2.75, 3.05) is 33.4 Å². The third-order valence-corrected chi connectivity index (χ3v) is 5.98. The molecule has 4 nitrogen and oxygen atoms in total. The number of halogens is 2. The lowest BCUT2D eigenvalue weighted by molar-refractivity contribution is 0.0498. The first-order valence-corrected chi connectivity index (χ1v) is 10.1. The Labute approximate surface area is 171 Å². The average molecular weight is 405 g/mol. The standard InChI is InChI=1S/C23H30F2N2O2/c1-16-17(2)23(29-3)7-5-19(16)14-26-9-10-27(20(15-26)8-11-28)13-18-4-6-21(24)22(25)12-18/h4-7,12,20,28H,8-11,13-15H2,1-3H3/t20-/m1/s1. The summed E-state index contributed by atoms with van der Waals surface area (Å²) >= 11 is 0. The molecule has 0 radical (unpaired) electrons. The van der Waals surface area contributed by atoms with E-state index in [0.29, 0.717) is 13.0 Å². The molecule has 1 N–H and O–H groups in total. The zero-order valence-electron chi connectivity index (χ0n) is 17.4. The van der Waals surface area contributed by atoms with Crippen molar-refractivity contribution in [2.45, 2.75) is 39.4 Å². The van der Waals surface area contributed by atoms with Crippen molar-refractivity contribution >= 4 is 0 Å². The van der Waals surface area contributed by atoms with Gasteiger partial charge in [-0.25, -0.2) is 8.78 Å². The molecule has 0 aliphatic carbocycles. The molecule has 2 aromatic carbocycles. The fraction of sp³-hybridized carbons (Fsp3) is 0.478. The Bertz CT molecular complexity index is 844. The minimum absolute atomic E-state index is 0.105. The molecule has 6 heteroatoms. The van der Waals surface area contributed by atoms with Crippen molar-refractivity contribution in [1.29, 1.82) is 0 Å². The smallest absolute Gasteiger partial charge is 0.159 e. The topological polar surface area (TPSA) is 35.9 Å². The number of methoxy groups -OCH3 is 1. The average Bonchev–Trinajstić information content (AvgIpc) is 2.70. The lowest BCUT2D eigenvalue weighted by atomic mass is 10.0. The SMILES string of the molecule is COc1ccc(CN2CCN(Cc3ccc(F)c(F)c3)[C@H](CCO)C2)c(C)c1C. The van der Waals surface area contributed by atoms with Crippen LogP contribution in [-0.2, 0) is 13.1 Å². The van der Waals surface area contributed by atoms with Gasteiger partial charge in [0.15, 0.2) is 11.6 Å². The van der Waals surface area contributed by atoms with E-state index in [1.54, 1.807) is 13.2 Å². The Hall–Kier alpha value is -2.02. The molecule has 1 heterocycles. The molecule has 1 saturated heterocycles. The molecular formula is C23H30F2N2O2. The highest BCUT2D eigenvalue weighted by Gasteiger charge is 2.27. The van der Waals surface area contributed by atoms with E-state index >= 15 is 0 Å². The summed E-state index contributed by atoms with van der Waals surface area (Å²) in [6.07, 6.45) is 0.654. The minimum Gasteiger partial charge on any atom is -0.496 e. The fourth-order valence-corrected chi connectivity index (χ4v) is 4.09. The van der Waals surface area contributed by atoms with Crippen molar-refractivity contribution < 1.29 is 18.6 Å². The van der Waals surface area contributed by atoms with E-state index in [-0.39, 0.29) is 12.6 Å². The summed E-state index contributed by atoms with van der Waals surface area (Å²) in [5.74, 6) is -0.735. The summed E-state index contributed by atoms with van der Waals surface area (Å²) in [4.78, 5) is 4.65. The molecule has 158 valence electrons. The van der Waals surface area contributed by atoms with E-state index in [0.717, 1.165) is 43.1 Å². The minimum atomic E-state index is -0.823. The maximum Gasteiger partial charge on any atom is 0.159 e. The van der Waals surface area contributed by atoms with E-state index in [1.807, 2.05) is 6.07 Å². The second kappa shape index (κ2) is 9.65. The summed E-state index contributed by atoms with van der Waals surface area (Å²) in [5.41, 5.74) is 4.43. The quantitative estimate of drug-likeness (QED) is 0.764. The third kappa shape index (κ3) is 5.13. The molecule has 0 spiro atoms. The van der Waals surface area contributed by atoms with E-state index in [1.165, 1.54) is 23.3 Å². The molecule has 1 atom stereocenters. The number of nitrogens with zero attached hydrogens (tertiary/aromatic N) is 2. The van der Waals surface area contributed by atoms with Crippen molar-refractivity contribution in [1.82, 2.24) is 9.80 Å². The normalized spacial score (nSPS) is 18.2. The molecular weight excluding hydrogens is 374 g/mol. The lowest BCUT2D eigenvalue weighted by Crippen LogP contribution is -2.52. The first-order valence-electron chi connectivity index (χ1n) is 10.1. The van der Waals surface area contributed by atoms with Gasteiger partial charge in [0.05, 0.1) is 7.11 Å². The van der Waals surface area contributed by atoms with Crippen LogP contribution in [0, 0.1) is 25.5 Å². The Morgan fingerprint density at radius 1 is 1.03 bits per heavy atom. The van der Waals surface area contributed by atoms with Crippen molar-refractivity contribution in [2.24, 2.45) is 0 Å². The zero-order chi connectivity index (χ0) is 21.0. The number of aliphatic hydroxyl groups is 1. The Morgan fingerprint density at radius 2 is 1.83 bits per heavy atom. The molecule has 1 aliphatic heterocycles. The van der Waals surface area contributed by atoms with E-state index in [2.05, 4.69) is 29.7 Å². The van der Waals surface area contributed by atoms with Crippen LogP contribution < -0.4 is 4.74 Å². The van der Waals surface area contributed by atoms with Gasteiger partial charge in [-0.05, 0) is 60.7 Å². The van der Waals surface area contributed by atoms with Crippen LogP contribution in [-0.4, -0.2) is 54.3 Å². The number of benzene rings is 2. The van der Waals surface area contributed by atoms with Gasteiger partial charge in [-0.15, -0.1) is 0 Å². The van der Waals surface area contributed by atoms with Crippen LogP contribution in [0.3, 0.4) is 0 Å². The lowest BCUT2D eigenvalue weighted by Gasteiger charge is -2.41. The van der Waals surface area contributed by atoms with Gasteiger partial charge in [0, 0.05) is 45.4 Å². The zero-order valence-corrected chi connectivity index (χ0v) is 17.4. The molecule has 1 fully saturated rings. The predicted molar refractivity (Wildman–Crippen MR) is 110 cm³/mol. The van der Waals surface area contributed by atoms with Crippen LogP contribution in [0.15, 0.2) is 30.3 Å². The Balaban J connectivity index is 1.68. The molecule has 1 aliphatic rings. The van der Waals surface area contributed by atoms with Crippen molar-refractivity contribution in [3.8, 4) is 5.75 Å². The number of piperazine rings is 1. The monoisotopic (exact) mass is 404 g/mol. The van der Waals surface area contributed by atoms with Gasteiger partial charge in [-0.3, -0.25) is 9.80 Å². The third-order valence-electron chi connectivity index (χ3n) is 5.98. The van der Waals surface area contributed by atoms with Gasteiger partial charge in [-0.2, -0.15) is 0 Å². The van der Waals surface area contributed by atoms with Crippen LogP contribution in [0.1, 0.15) is 28.7 Å². The van der Waals surface area contributed by atoms with E-state index in [4.69, 9.17) is 4.74 Å². The second-order valence-corrected chi connectivity index (χ2v) is 7.80.